The molecule has 0 radical (unpaired) electrons. The number of aryl methyl sites for hydroxylation is 1. The van der Waals surface area contributed by atoms with E-state index in [9.17, 15) is 19.1 Å². The number of Topliss-reactive ketones (excluding diaryl/α,β-unsaturated/α-hetero) is 1. The Labute approximate surface area is 245 Å². The van der Waals surface area contributed by atoms with Gasteiger partial charge in [-0.05, 0) is 72.1 Å². The van der Waals surface area contributed by atoms with Crippen molar-refractivity contribution in [3.05, 3.63) is 125 Å². The van der Waals surface area contributed by atoms with Crippen LogP contribution in [0, 0.1) is 12.7 Å². The van der Waals surface area contributed by atoms with Gasteiger partial charge in [0.2, 0.25) is 0 Å². The van der Waals surface area contributed by atoms with Crippen LogP contribution in [0.2, 0.25) is 0 Å². The van der Waals surface area contributed by atoms with E-state index in [4.69, 9.17) is 9.47 Å². The van der Waals surface area contributed by atoms with E-state index in [-0.39, 0.29) is 11.1 Å². The molecule has 4 aromatic carbocycles. The normalized spacial score (nSPS) is 16.3. The SMILES string of the molecule is COc1cc(C2C(=C(O)c3ccc(F)cc3)C(=O)C(=O)N2c2nc3ccc(C)cc3s2)ccc1OCc1ccccc1. The molecule has 0 bridgehead atoms. The van der Waals surface area contributed by atoms with Gasteiger partial charge in [0.25, 0.3) is 5.78 Å². The van der Waals surface area contributed by atoms with Crippen molar-refractivity contribution in [2.45, 2.75) is 19.6 Å². The Morgan fingerprint density at radius 2 is 1.74 bits per heavy atom. The first-order valence-electron chi connectivity index (χ1n) is 13.1. The van der Waals surface area contributed by atoms with Crippen LogP contribution >= 0.6 is 11.3 Å². The number of carbonyl (C=O) groups excluding carboxylic acids is 2. The van der Waals surface area contributed by atoms with Gasteiger partial charge in [-0.15, -0.1) is 0 Å². The van der Waals surface area contributed by atoms with Gasteiger partial charge >= 0.3 is 5.91 Å². The van der Waals surface area contributed by atoms with Crippen molar-refractivity contribution in [2.24, 2.45) is 0 Å². The minimum atomic E-state index is -1.03. The zero-order valence-electron chi connectivity index (χ0n) is 22.7. The first-order chi connectivity index (χ1) is 20.3. The maximum Gasteiger partial charge on any atom is 0.301 e. The summed E-state index contributed by atoms with van der Waals surface area (Å²) in [6.07, 6.45) is 0. The fourth-order valence-corrected chi connectivity index (χ4v) is 6.03. The predicted molar refractivity (Wildman–Crippen MR) is 159 cm³/mol. The Morgan fingerprint density at radius 1 is 0.976 bits per heavy atom. The Hall–Kier alpha value is -5.02. The van der Waals surface area contributed by atoms with E-state index in [1.165, 1.54) is 47.6 Å². The second kappa shape index (κ2) is 11.1. The second-order valence-electron chi connectivity index (χ2n) is 9.83. The van der Waals surface area contributed by atoms with Gasteiger partial charge in [-0.3, -0.25) is 14.5 Å². The van der Waals surface area contributed by atoms with E-state index in [2.05, 4.69) is 4.98 Å². The second-order valence-corrected chi connectivity index (χ2v) is 10.8. The van der Waals surface area contributed by atoms with Gasteiger partial charge in [0, 0.05) is 5.56 Å². The Bertz CT molecular complexity index is 1850. The summed E-state index contributed by atoms with van der Waals surface area (Å²) in [7, 11) is 1.50. The maximum absolute atomic E-state index is 13.7. The number of ether oxygens (including phenoxy) is 2. The molecule has 210 valence electrons. The minimum absolute atomic E-state index is 0.137. The lowest BCUT2D eigenvalue weighted by molar-refractivity contribution is -0.132. The molecule has 1 N–H and O–H groups in total. The van der Waals surface area contributed by atoms with Gasteiger partial charge < -0.3 is 14.6 Å². The van der Waals surface area contributed by atoms with Crippen LogP contribution in [0.4, 0.5) is 9.52 Å². The lowest BCUT2D eigenvalue weighted by atomic mass is 9.95. The van der Waals surface area contributed by atoms with Gasteiger partial charge in [-0.2, -0.15) is 0 Å². The third-order valence-electron chi connectivity index (χ3n) is 7.04. The molecule has 5 aromatic rings. The summed E-state index contributed by atoms with van der Waals surface area (Å²) in [4.78, 5) is 33.1. The summed E-state index contributed by atoms with van der Waals surface area (Å²) in [6, 6.07) is 24.6. The van der Waals surface area contributed by atoms with Gasteiger partial charge in [-0.1, -0.05) is 53.8 Å². The largest absolute Gasteiger partial charge is 0.507 e. The van der Waals surface area contributed by atoms with Crippen LogP contribution in [0.25, 0.3) is 16.0 Å². The molecule has 1 aliphatic heterocycles. The number of methoxy groups -OCH3 is 1. The number of nitrogens with zero attached hydrogens (tertiary/aromatic N) is 2. The third kappa shape index (κ3) is 4.99. The lowest BCUT2D eigenvalue weighted by Crippen LogP contribution is -2.29. The average Bonchev–Trinajstić information content (AvgIpc) is 3.53. The molecule has 1 aliphatic rings. The highest BCUT2D eigenvalue weighted by atomic mass is 32.1. The number of hydrogen-bond donors (Lipinski definition) is 1. The van der Waals surface area contributed by atoms with Crippen LogP contribution in [-0.2, 0) is 16.2 Å². The number of anilines is 1. The summed E-state index contributed by atoms with van der Waals surface area (Å²) >= 11 is 1.28. The number of amides is 1. The molecule has 1 amide bonds. The third-order valence-corrected chi connectivity index (χ3v) is 8.06. The van der Waals surface area contributed by atoms with Crippen LogP contribution < -0.4 is 14.4 Å². The molecule has 0 aliphatic carbocycles. The molecule has 1 fully saturated rings. The van der Waals surface area contributed by atoms with E-state index in [0.29, 0.717) is 34.3 Å². The number of thiazole rings is 1. The van der Waals surface area contributed by atoms with Crippen LogP contribution in [0.1, 0.15) is 28.3 Å². The molecule has 42 heavy (non-hydrogen) atoms. The van der Waals surface area contributed by atoms with Crippen molar-refractivity contribution in [1.29, 1.82) is 0 Å². The number of ketones is 1. The van der Waals surface area contributed by atoms with Crippen LogP contribution in [-0.4, -0.2) is 28.9 Å². The smallest absolute Gasteiger partial charge is 0.301 e. The zero-order valence-corrected chi connectivity index (χ0v) is 23.5. The number of fused-ring (bicyclic) bond motifs is 1. The van der Waals surface area contributed by atoms with Crippen molar-refractivity contribution >= 4 is 44.1 Å². The Balaban J connectivity index is 1.48. The summed E-state index contributed by atoms with van der Waals surface area (Å²) in [5.74, 6) is -1.76. The number of aliphatic hydroxyl groups excluding tert-OH is 1. The van der Waals surface area contributed by atoms with Crippen molar-refractivity contribution in [2.75, 3.05) is 12.0 Å². The van der Waals surface area contributed by atoms with E-state index in [1.54, 1.807) is 18.2 Å². The predicted octanol–water partition coefficient (Wildman–Crippen LogP) is 6.96. The summed E-state index contributed by atoms with van der Waals surface area (Å²) < 4.78 is 26.2. The molecule has 2 heterocycles. The van der Waals surface area contributed by atoms with Crippen molar-refractivity contribution < 1.29 is 28.6 Å². The van der Waals surface area contributed by atoms with Crippen LogP contribution in [0.5, 0.6) is 11.5 Å². The van der Waals surface area contributed by atoms with Gasteiger partial charge in [0.1, 0.15) is 18.2 Å². The fraction of sp³-hybridized carbons (Fsp3) is 0.121. The van der Waals surface area contributed by atoms with Gasteiger partial charge in [0.15, 0.2) is 16.6 Å². The van der Waals surface area contributed by atoms with Crippen molar-refractivity contribution in [3.8, 4) is 11.5 Å². The summed E-state index contributed by atoms with van der Waals surface area (Å²) in [5, 5.41) is 11.7. The highest BCUT2D eigenvalue weighted by Gasteiger charge is 2.48. The topological polar surface area (TPSA) is 89.0 Å². The van der Waals surface area contributed by atoms with E-state index in [0.717, 1.165) is 15.8 Å². The van der Waals surface area contributed by atoms with E-state index in [1.807, 2.05) is 55.5 Å². The monoisotopic (exact) mass is 580 g/mol. The lowest BCUT2D eigenvalue weighted by Gasteiger charge is -2.24. The molecule has 7 nitrogen and oxygen atoms in total. The fourth-order valence-electron chi connectivity index (χ4n) is 4.94. The molecule has 6 rings (SSSR count). The first kappa shape index (κ1) is 27.2. The number of aromatic nitrogens is 1. The van der Waals surface area contributed by atoms with Gasteiger partial charge in [0.05, 0.1) is 28.9 Å². The number of hydrogen-bond acceptors (Lipinski definition) is 7. The number of halogens is 1. The zero-order chi connectivity index (χ0) is 29.4. The molecule has 1 saturated heterocycles. The van der Waals surface area contributed by atoms with E-state index >= 15 is 0 Å². The molecular weight excluding hydrogens is 555 g/mol. The van der Waals surface area contributed by atoms with Crippen molar-refractivity contribution in [3.63, 3.8) is 0 Å². The molecular formula is C33H25FN2O5S. The standard InChI is InChI=1S/C33H25FN2O5S/c1-19-8-14-24-27(16-19)42-33(35-24)36-29(28(31(38)32(36)39)30(37)21-9-12-23(34)13-10-21)22-11-15-25(26(17-22)40-2)41-18-20-6-4-3-5-7-20/h3-17,29,37H,18H2,1-2H3. The molecule has 1 aromatic heterocycles. The van der Waals surface area contributed by atoms with Crippen LogP contribution in [0.15, 0.2) is 96.6 Å². The average molecular weight is 581 g/mol. The molecule has 1 unspecified atom stereocenters. The number of benzene rings is 4. The first-order valence-corrected chi connectivity index (χ1v) is 13.9. The molecule has 9 heteroatoms. The maximum atomic E-state index is 13.7. The number of carbonyl (C=O) groups is 2. The highest BCUT2D eigenvalue weighted by molar-refractivity contribution is 7.22. The molecule has 1 atom stereocenters. The summed E-state index contributed by atoms with van der Waals surface area (Å²) in [6.45, 7) is 2.27. The highest BCUT2D eigenvalue weighted by Crippen LogP contribution is 2.46. The van der Waals surface area contributed by atoms with Gasteiger partial charge in [-0.25, -0.2) is 9.37 Å². The van der Waals surface area contributed by atoms with Crippen LogP contribution in [0.3, 0.4) is 0 Å². The molecule has 0 saturated carbocycles. The molecule has 0 spiro atoms. The van der Waals surface area contributed by atoms with Crippen molar-refractivity contribution in [1.82, 2.24) is 4.98 Å². The quantitative estimate of drug-likeness (QED) is 0.127. The number of aliphatic hydroxyl groups is 1. The van der Waals surface area contributed by atoms with E-state index < -0.39 is 29.3 Å². The Kier molecular flexibility index (Phi) is 7.18. The number of rotatable bonds is 7. The minimum Gasteiger partial charge on any atom is -0.507 e. The summed E-state index contributed by atoms with van der Waals surface area (Å²) in [5.41, 5.74) is 3.25. The Morgan fingerprint density at radius 3 is 2.48 bits per heavy atom.